The maximum absolute atomic E-state index is 10.0. The molecule has 0 saturated carbocycles. The normalized spacial score (nSPS) is 26.9. The average molecular weight is 221 g/mol. The summed E-state index contributed by atoms with van der Waals surface area (Å²) in [6, 6.07) is 10.2. The van der Waals surface area contributed by atoms with Crippen molar-refractivity contribution in [2.24, 2.45) is 0 Å². The number of aliphatic hydroxyl groups is 2. The highest BCUT2D eigenvalue weighted by atomic mass is 16.3. The van der Waals surface area contributed by atoms with E-state index < -0.39 is 5.60 Å². The maximum Gasteiger partial charge on any atom is 0.100 e. The highest BCUT2D eigenvalue weighted by Gasteiger charge is 2.32. The second-order valence-electron chi connectivity index (χ2n) is 4.68. The van der Waals surface area contributed by atoms with Crippen molar-refractivity contribution in [3.63, 3.8) is 0 Å². The fourth-order valence-corrected chi connectivity index (χ4v) is 2.31. The molecule has 0 radical (unpaired) electrons. The zero-order valence-electron chi connectivity index (χ0n) is 9.47. The molecule has 1 heterocycles. The molecule has 1 atom stereocenters. The van der Waals surface area contributed by atoms with E-state index in [4.69, 9.17) is 5.11 Å². The molecule has 2 rings (SSSR count). The minimum absolute atomic E-state index is 0.141. The van der Waals surface area contributed by atoms with E-state index in [0.717, 1.165) is 19.5 Å². The predicted octanol–water partition coefficient (Wildman–Crippen LogP) is 1.01. The van der Waals surface area contributed by atoms with Crippen molar-refractivity contribution in [3.05, 3.63) is 35.9 Å². The summed E-state index contributed by atoms with van der Waals surface area (Å²) < 4.78 is 0. The lowest BCUT2D eigenvalue weighted by molar-refractivity contribution is -0.0687. The molecular formula is C13H19NO2. The van der Waals surface area contributed by atoms with E-state index in [9.17, 15) is 5.11 Å². The first-order valence-electron chi connectivity index (χ1n) is 5.81. The Morgan fingerprint density at radius 2 is 2.00 bits per heavy atom. The van der Waals surface area contributed by atoms with Crippen molar-refractivity contribution < 1.29 is 10.2 Å². The van der Waals surface area contributed by atoms with E-state index >= 15 is 0 Å². The second-order valence-corrected chi connectivity index (χ2v) is 4.68. The summed E-state index contributed by atoms with van der Waals surface area (Å²) in [6.07, 6.45) is 1.65. The van der Waals surface area contributed by atoms with Gasteiger partial charge in [0.25, 0.3) is 0 Å². The van der Waals surface area contributed by atoms with Crippen molar-refractivity contribution in [2.45, 2.75) is 25.0 Å². The van der Waals surface area contributed by atoms with Crippen LogP contribution >= 0.6 is 0 Å². The summed E-state index contributed by atoms with van der Waals surface area (Å²) >= 11 is 0. The number of rotatable bonds is 3. The van der Waals surface area contributed by atoms with Crippen LogP contribution in [-0.4, -0.2) is 40.4 Å². The standard InChI is InChI=1S/C13H19NO2/c15-11-13(16)7-4-8-14(10-13)9-12-5-2-1-3-6-12/h1-3,5-6,15-16H,4,7-11H2/t13-/m0/s1. The van der Waals surface area contributed by atoms with Crippen molar-refractivity contribution in [1.82, 2.24) is 4.90 Å². The lowest BCUT2D eigenvalue weighted by atomic mass is 9.93. The number of benzene rings is 1. The van der Waals surface area contributed by atoms with E-state index in [0.29, 0.717) is 13.0 Å². The van der Waals surface area contributed by atoms with E-state index in [-0.39, 0.29) is 6.61 Å². The molecule has 0 unspecified atom stereocenters. The zero-order valence-corrected chi connectivity index (χ0v) is 9.47. The van der Waals surface area contributed by atoms with Crippen LogP contribution < -0.4 is 0 Å². The number of nitrogens with zero attached hydrogens (tertiary/aromatic N) is 1. The van der Waals surface area contributed by atoms with Gasteiger partial charge in [-0.05, 0) is 24.9 Å². The Bertz CT molecular complexity index is 328. The summed E-state index contributed by atoms with van der Waals surface area (Å²) in [5.41, 5.74) is 0.359. The number of hydrogen-bond donors (Lipinski definition) is 2. The first-order chi connectivity index (χ1) is 7.72. The lowest BCUT2D eigenvalue weighted by Gasteiger charge is -2.38. The van der Waals surface area contributed by atoms with Gasteiger partial charge in [0.05, 0.1) is 6.61 Å². The summed E-state index contributed by atoms with van der Waals surface area (Å²) in [4.78, 5) is 2.20. The molecule has 16 heavy (non-hydrogen) atoms. The van der Waals surface area contributed by atoms with Crippen LogP contribution in [0, 0.1) is 0 Å². The molecule has 1 aliphatic rings. The molecular weight excluding hydrogens is 202 g/mol. The monoisotopic (exact) mass is 221 g/mol. The molecule has 0 bridgehead atoms. The van der Waals surface area contributed by atoms with Crippen molar-refractivity contribution in [2.75, 3.05) is 19.7 Å². The maximum atomic E-state index is 10.0. The molecule has 0 aromatic heterocycles. The molecule has 1 aliphatic heterocycles. The Kier molecular flexibility index (Phi) is 3.59. The van der Waals surface area contributed by atoms with Crippen LogP contribution in [0.4, 0.5) is 0 Å². The van der Waals surface area contributed by atoms with Gasteiger partial charge in [-0.3, -0.25) is 4.90 Å². The summed E-state index contributed by atoms with van der Waals surface area (Å²) in [7, 11) is 0. The Balaban J connectivity index is 1.96. The minimum Gasteiger partial charge on any atom is -0.393 e. The molecule has 0 aliphatic carbocycles. The summed E-state index contributed by atoms with van der Waals surface area (Å²) in [5, 5.41) is 19.2. The smallest absolute Gasteiger partial charge is 0.100 e. The van der Waals surface area contributed by atoms with Gasteiger partial charge < -0.3 is 10.2 Å². The van der Waals surface area contributed by atoms with E-state index in [1.165, 1.54) is 5.56 Å². The van der Waals surface area contributed by atoms with Crippen LogP contribution in [0.5, 0.6) is 0 Å². The van der Waals surface area contributed by atoms with Crippen molar-refractivity contribution in [3.8, 4) is 0 Å². The van der Waals surface area contributed by atoms with Gasteiger partial charge in [0.2, 0.25) is 0 Å². The Hall–Kier alpha value is -0.900. The quantitative estimate of drug-likeness (QED) is 0.800. The van der Waals surface area contributed by atoms with Gasteiger partial charge in [0, 0.05) is 13.1 Å². The topological polar surface area (TPSA) is 43.7 Å². The van der Waals surface area contributed by atoms with Crippen LogP contribution in [-0.2, 0) is 6.54 Å². The molecule has 3 heteroatoms. The Morgan fingerprint density at radius 1 is 1.25 bits per heavy atom. The third-order valence-corrected chi connectivity index (χ3v) is 3.18. The molecule has 1 aromatic carbocycles. The molecule has 0 spiro atoms. The number of aliphatic hydroxyl groups excluding tert-OH is 1. The van der Waals surface area contributed by atoms with Crippen LogP contribution in [0.1, 0.15) is 18.4 Å². The second kappa shape index (κ2) is 4.95. The fourth-order valence-electron chi connectivity index (χ4n) is 2.31. The largest absolute Gasteiger partial charge is 0.393 e. The molecule has 2 N–H and O–H groups in total. The molecule has 3 nitrogen and oxygen atoms in total. The molecule has 1 saturated heterocycles. The van der Waals surface area contributed by atoms with E-state index in [2.05, 4.69) is 17.0 Å². The third kappa shape index (κ3) is 2.82. The van der Waals surface area contributed by atoms with Gasteiger partial charge in [-0.15, -0.1) is 0 Å². The van der Waals surface area contributed by atoms with Gasteiger partial charge >= 0.3 is 0 Å². The molecule has 88 valence electrons. The predicted molar refractivity (Wildman–Crippen MR) is 63.0 cm³/mol. The fraction of sp³-hybridized carbons (Fsp3) is 0.538. The first kappa shape index (κ1) is 11.6. The van der Waals surface area contributed by atoms with Crippen molar-refractivity contribution in [1.29, 1.82) is 0 Å². The van der Waals surface area contributed by atoms with Gasteiger partial charge in [0.15, 0.2) is 0 Å². The van der Waals surface area contributed by atoms with Crippen LogP contribution in [0.2, 0.25) is 0 Å². The number of β-amino-alcohol motifs (C(OH)–C–C–N with tert-alkyl or cyclic N) is 1. The number of piperidine rings is 1. The third-order valence-electron chi connectivity index (χ3n) is 3.18. The average Bonchev–Trinajstić information content (AvgIpc) is 2.30. The van der Waals surface area contributed by atoms with Crippen molar-refractivity contribution >= 4 is 0 Å². The Labute approximate surface area is 96.3 Å². The highest BCUT2D eigenvalue weighted by molar-refractivity contribution is 5.14. The lowest BCUT2D eigenvalue weighted by Crippen LogP contribution is -2.49. The van der Waals surface area contributed by atoms with Gasteiger partial charge in [-0.1, -0.05) is 30.3 Å². The zero-order chi connectivity index (χ0) is 11.4. The molecule has 0 amide bonds. The van der Waals surface area contributed by atoms with Crippen LogP contribution in [0.3, 0.4) is 0 Å². The van der Waals surface area contributed by atoms with Crippen LogP contribution in [0.15, 0.2) is 30.3 Å². The number of likely N-dealkylation sites (tertiary alicyclic amines) is 1. The Morgan fingerprint density at radius 3 is 2.69 bits per heavy atom. The van der Waals surface area contributed by atoms with Gasteiger partial charge in [-0.25, -0.2) is 0 Å². The van der Waals surface area contributed by atoms with Gasteiger partial charge in [-0.2, -0.15) is 0 Å². The summed E-state index contributed by atoms with van der Waals surface area (Å²) in [5.74, 6) is 0. The highest BCUT2D eigenvalue weighted by Crippen LogP contribution is 2.21. The SMILES string of the molecule is OC[C@]1(O)CCCN(Cc2ccccc2)C1. The molecule has 1 aromatic rings. The number of hydrogen-bond acceptors (Lipinski definition) is 3. The van der Waals surface area contributed by atoms with E-state index in [1.807, 2.05) is 18.2 Å². The summed E-state index contributed by atoms with van der Waals surface area (Å²) in [6.45, 7) is 2.27. The first-order valence-corrected chi connectivity index (χ1v) is 5.81. The van der Waals surface area contributed by atoms with E-state index in [1.54, 1.807) is 0 Å². The minimum atomic E-state index is -0.896. The molecule has 1 fully saturated rings. The van der Waals surface area contributed by atoms with Gasteiger partial charge in [0.1, 0.15) is 5.60 Å². The van der Waals surface area contributed by atoms with Crippen LogP contribution in [0.25, 0.3) is 0 Å².